The van der Waals surface area contributed by atoms with E-state index in [2.05, 4.69) is 34.8 Å². The van der Waals surface area contributed by atoms with Crippen LogP contribution in [0.25, 0.3) is 11.1 Å². The molecule has 0 aliphatic carbocycles. The Kier molecular flexibility index (Phi) is 6.59. The van der Waals surface area contributed by atoms with Gasteiger partial charge >= 0.3 is 6.16 Å². The number of non-ortho nitro benzene ring substituents is 1. The molecule has 182 valence electrons. The smallest absolute Gasteiger partial charge is 0.431 e. The first-order chi connectivity index (χ1) is 16.7. The van der Waals surface area contributed by atoms with Gasteiger partial charge in [0.15, 0.2) is 0 Å². The molecule has 0 saturated heterocycles. The number of allylic oxidation sites excluding steroid dienone is 1. The first kappa shape index (κ1) is 24.0. The van der Waals surface area contributed by atoms with Gasteiger partial charge in [0.05, 0.1) is 16.7 Å². The second kappa shape index (κ2) is 9.61. The zero-order valence-electron chi connectivity index (χ0n) is 20.1. The van der Waals surface area contributed by atoms with Crippen molar-refractivity contribution in [2.24, 2.45) is 0 Å². The third-order valence-corrected chi connectivity index (χ3v) is 6.02. The van der Waals surface area contributed by atoms with Crippen molar-refractivity contribution in [2.75, 3.05) is 18.1 Å². The minimum absolute atomic E-state index is 0.0241. The summed E-state index contributed by atoms with van der Waals surface area (Å²) in [5, 5.41) is 15.3. The van der Waals surface area contributed by atoms with Crippen LogP contribution in [-0.2, 0) is 16.7 Å². The van der Waals surface area contributed by atoms with Gasteiger partial charge in [-0.05, 0) is 62.9 Å². The predicted octanol–water partition coefficient (Wildman–Crippen LogP) is 5.70. The van der Waals surface area contributed by atoms with Crippen LogP contribution in [0.4, 0.5) is 16.2 Å². The van der Waals surface area contributed by atoms with Crippen LogP contribution >= 0.6 is 0 Å². The van der Waals surface area contributed by atoms with E-state index in [0.717, 1.165) is 36.2 Å². The van der Waals surface area contributed by atoms with Crippen LogP contribution in [0.15, 0.2) is 67.1 Å². The summed E-state index contributed by atoms with van der Waals surface area (Å²) in [5.74, 6) is 0.164. The maximum absolute atomic E-state index is 12.2. The van der Waals surface area contributed by atoms with Crippen LogP contribution in [-0.4, -0.2) is 34.0 Å². The van der Waals surface area contributed by atoms with E-state index >= 15 is 0 Å². The van der Waals surface area contributed by atoms with Crippen LogP contribution in [0.2, 0.25) is 0 Å². The number of carbonyl (C=O) groups excluding carboxylic acids is 1. The number of nitro groups is 1. The average Bonchev–Trinajstić information content (AvgIpc) is 3.33. The summed E-state index contributed by atoms with van der Waals surface area (Å²) in [6.45, 7) is 10.9. The van der Waals surface area contributed by atoms with Crippen molar-refractivity contribution in [1.29, 1.82) is 0 Å². The molecule has 0 bridgehead atoms. The van der Waals surface area contributed by atoms with E-state index in [-0.39, 0.29) is 18.0 Å². The first-order valence-corrected chi connectivity index (χ1v) is 11.4. The Bertz CT molecular complexity index is 1260. The summed E-state index contributed by atoms with van der Waals surface area (Å²) >= 11 is 0. The van der Waals surface area contributed by atoms with Gasteiger partial charge in [0, 0.05) is 41.8 Å². The Morgan fingerprint density at radius 1 is 1.23 bits per heavy atom. The lowest BCUT2D eigenvalue weighted by Gasteiger charge is -2.32. The molecule has 9 nitrogen and oxygen atoms in total. The molecule has 3 aromatic rings. The van der Waals surface area contributed by atoms with Crippen LogP contribution in [0.3, 0.4) is 0 Å². The van der Waals surface area contributed by atoms with Gasteiger partial charge in [-0.2, -0.15) is 5.10 Å². The zero-order valence-corrected chi connectivity index (χ0v) is 20.1. The largest absolute Gasteiger partial charge is 0.513 e. The highest BCUT2D eigenvalue weighted by molar-refractivity contribution is 5.75. The Balaban J connectivity index is 1.44. The number of fused-ring (bicyclic) bond motifs is 1. The summed E-state index contributed by atoms with van der Waals surface area (Å²) < 4.78 is 12.2. The van der Waals surface area contributed by atoms with Crippen molar-refractivity contribution in [3.05, 3.63) is 82.8 Å². The van der Waals surface area contributed by atoms with E-state index in [1.54, 1.807) is 4.68 Å². The fourth-order valence-electron chi connectivity index (χ4n) is 4.15. The van der Waals surface area contributed by atoms with Gasteiger partial charge in [-0.15, -0.1) is 0 Å². The van der Waals surface area contributed by atoms with E-state index in [1.807, 2.05) is 33.2 Å². The highest BCUT2D eigenvalue weighted by atomic mass is 16.7. The molecule has 1 aromatic heterocycles. The molecule has 9 heteroatoms. The number of nitrogens with zero attached hydrogens (tertiary/aromatic N) is 4. The minimum atomic E-state index is -0.892. The quantitative estimate of drug-likeness (QED) is 0.187. The lowest BCUT2D eigenvalue weighted by atomic mass is 9.93. The summed E-state index contributed by atoms with van der Waals surface area (Å²) in [6.07, 6.45) is 4.94. The van der Waals surface area contributed by atoms with Crippen LogP contribution < -0.4 is 9.64 Å². The van der Waals surface area contributed by atoms with E-state index in [4.69, 9.17) is 9.47 Å². The summed E-state index contributed by atoms with van der Waals surface area (Å²) in [7, 11) is 0. The molecule has 35 heavy (non-hydrogen) atoms. The third-order valence-electron chi connectivity index (χ3n) is 6.02. The van der Waals surface area contributed by atoms with Crippen molar-refractivity contribution in [3.8, 4) is 16.9 Å². The van der Waals surface area contributed by atoms with Gasteiger partial charge in [-0.1, -0.05) is 18.7 Å². The fourth-order valence-corrected chi connectivity index (χ4v) is 4.15. The van der Waals surface area contributed by atoms with Gasteiger partial charge in [0.2, 0.25) is 0 Å². The Morgan fingerprint density at radius 3 is 2.66 bits per heavy atom. The number of rotatable bonds is 7. The molecule has 4 rings (SSSR count). The number of hydrogen-bond donors (Lipinski definition) is 0. The minimum Gasteiger partial charge on any atom is -0.431 e. The average molecular weight is 477 g/mol. The Labute approximate surface area is 203 Å². The van der Waals surface area contributed by atoms with Crippen LogP contribution in [0.1, 0.15) is 32.8 Å². The summed E-state index contributed by atoms with van der Waals surface area (Å²) in [4.78, 5) is 24.6. The zero-order chi connectivity index (χ0) is 25.2. The normalized spacial score (nSPS) is 13.2. The molecule has 1 aliphatic rings. The molecule has 0 saturated carbocycles. The third kappa shape index (κ3) is 5.18. The van der Waals surface area contributed by atoms with E-state index in [0.29, 0.717) is 0 Å². The van der Waals surface area contributed by atoms with Gasteiger partial charge in [0.25, 0.3) is 5.69 Å². The van der Waals surface area contributed by atoms with Crippen molar-refractivity contribution >= 4 is 17.5 Å². The lowest BCUT2D eigenvalue weighted by Crippen LogP contribution is -2.34. The number of benzene rings is 2. The second-order valence-corrected chi connectivity index (χ2v) is 9.17. The molecule has 0 fully saturated rings. The molecule has 0 spiro atoms. The van der Waals surface area contributed by atoms with Crippen molar-refractivity contribution in [2.45, 2.75) is 39.2 Å². The Hall–Kier alpha value is -4.14. The Morgan fingerprint density at radius 2 is 1.97 bits per heavy atom. The maximum Gasteiger partial charge on any atom is 0.513 e. The van der Waals surface area contributed by atoms with Crippen molar-refractivity contribution in [3.63, 3.8) is 0 Å². The van der Waals surface area contributed by atoms with Gasteiger partial charge < -0.3 is 14.4 Å². The second-order valence-electron chi connectivity index (χ2n) is 9.17. The molecule has 0 amide bonds. The van der Waals surface area contributed by atoms with E-state index < -0.39 is 16.6 Å². The van der Waals surface area contributed by atoms with Crippen molar-refractivity contribution < 1.29 is 19.2 Å². The number of anilines is 1. The molecule has 2 aromatic carbocycles. The highest BCUT2D eigenvalue weighted by Crippen LogP contribution is 2.37. The first-order valence-electron chi connectivity index (χ1n) is 11.4. The number of ether oxygens (including phenoxy) is 2. The van der Waals surface area contributed by atoms with Crippen LogP contribution in [0, 0.1) is 10.1 Å². The predicted molar refractivity (Wildman–Crippen MR) is 133 cm³/mol. The molecule has 0 radical (unpaired) electrons. The molecule has 2 heterocycles. The van der Waals surface area contributed by atoms with Crippen molar-refractivity contribution in [1.82, 2.24) is 9.78 Å². The topological polar surface area (TPSA) is 99.7 Å². The highest BCUT2D eigenvalue weighted by Gasteiger charge is 2.26. The molecule has 0 N–H and O–H groups in total. The maximum atomic E-state index is 12.2. The van der Waals surface area contributed by atoms with Gasteiger partial charge in [-0.25, -0.2) is 4.79 Å². The standard InChI is InChI=1S/C26H28N4O5/c1-18(2)28-14-6-8-23-22(7-5-9-24(23)28)19-15-27-29(16-19)26(3,4)17-34-25(31)35-21-12-10-20(11-13-21)30(32)33/h5,7,9-13,15-16H,1,6,8,14,17H2,2-4H3. The SMILES string of the molecule is C=C(C)N1CCCc2c(-c3cnn(C(C)(C)COC(=O)Oc4ccc([N+](=O)[O-])cc4)c3)cccc21. The fraction of sp³-hybridized carbons (Fsp3) is 0.308. The van der Waals surface area contributed by atoms with E-state index in [1.165, 1.54) is 35.5 Å². The molecular formula is C26H28N4O5. The molecule has 0 atom stereocenters. The molecule has 0 unspecified atom stereocenters. The summed E-state index contributed by atoms with van der Waals surface area (Å²) in [5.41, 5.74) is 4.89. The molecular weight excluding hydrogens is 448 g/mol. The van der Waals surface area contributed by atoms with Gasteiger partial charge in [0.1, 0.15) is 12.4 Å². The summed E-state index contributed by atoms with van der Waals surface area (Å²) in [6, 6.07) is 11.5. The molecule has 1 aliphatic heterocycles. The van der Waals surface area contributed by atoms with Crippen LogP contribution in [0.5, 0.6) is 5.75 Å². The van der Waals surface area contributed by atoms with Gasteiger partial charge in [-0.3, -0.25) is 14.8 Å². The number of hydrogen-bond acceptors (Lipinski definition) is 7. The number of nitro benzene ring substituents is 1. The lowest BCUT2D eigenvalue weighted by molar-refractivity contribution is -0.384. The number of carbonyl (C=O) groups is 1. The number of aromatic nitrogens is 2. The monoisotopic (exact) mass is 476 g/mol. The van der Waals surface area contributed by atoms with E-state index in [9.17, 15) is 14.9 Å².